The van der Waals surface area contributed by atoms with Crippen molar-refractivity contribution in [1.29, 1.82) is 0 Å². The van der Waals surface area contributed by atoms with E-state index < -0.39 is 8.66 Å². The first-order valence-corrected chi connectivity index (χ1v) is 6.46. The van der Waals surface area contributed by atoms with Crippen molar-refractivity contribution in [3.8, 4) is 5.75 Å². The summed E-state index contributed by atoms with van der Waals surface area (Å²) in [6.45, 7) is -0.250. The molecule has 96 valence electrons. The molecule has 0 unspecified atom stereocenters. The zero-order valence-electron chi connectivity index (χ0n) is 8.84. The molecule has 0 saturated carbocycles. The van der Waals surface area contributed by atoms with Crippen molar-refractivity contribution in [3.05, 3.63) is 33.9 Å². The lowest BCUT2D eigenvalue weighted by Crippen LogP contribution is -2.17. The monoisotopic (exact) mass is 379 g/mol. The van der Waals surface area contributed by atoms with Gasteiger partial charge in [0, 0.05) is 12.1 Å². The molecule has 6 nitrogen and oxygen atoms in total. The topological polar surface area (TPSA) is 86.5 Å². The molecule has 1 aromatic carbocycles. The van der Waals surface area contributed by atoms with E-state index in [1.54, 1.807) is 0 Å². The first kappa shape index (κ1) is 14.8. The second-order valence-corrected chi connectivity index (χ2v) is 6.21. The van der Waals surface area contributed by atoms with Gasteiger partial charge in [-0.15, -0.1) is 0 Å². The molecule has 0 aromatic heterocycles. The number of nitro groups is 1. The largest absolute Gasteiger partial charge is 0.485 e. The zero-order valence-corrected chi connectivity index (χ0v) is 12.0. The number of ketones is 1. The van der Waals surface area contributed by atoms with Gasteiger partial charge in [0.05, 0.1) is 10.5 Å². The number of non-ortho nitro benzene ring substituents is 1. The van der Waals surface area contributed by atoms with E-state index in [4.69, 9.17) is 4.74 Å². The Morgan fingerprint density at radius 1 is 1.50 bits per heavy atom. The van der Waals surface area contributed by atoms with E-state index in [9.17, 15) is 19.7 Å². The fourth-order valence-electron chi connectivity index (χ4n) is 1.08. The highest BCUT2D eigenvalue weighted by atomic mass is 79.9. The normalized spacial score (nSPS) is 10.2. The average Bonchev–Trinajstić information content (AvgIpc) is 2.35. The third-order valence-electron chi connectivity index (χ3n) is 1.94. The molecule has 0 aliphatic carbocycles. The number of nitro benzene ring substituents is 1. The Labute approximate surface area is 119 Å². The minimum atomic E-state index is -0.616. The summed E-state index contributed by atoms with van der Waals surface area (Å²) in [6, 6.07) is 3.58. The summed E-state index contributed by atoms with van der Waals surface area (Å²) < 4.78 is 4.58. The van der Waals surface area contributed by atoms with Crippen LogP contribution in [0.1, 0.15) is 10.4 Å². The maximum atomic E-state index is 11.3. The number of carbonyl (C=O) groups is 2. The minimum Gasteiger partial charge on any atom is -0.485 e. The molecule has 0 aliphatic heterocycles. The summed E-state index contributed by atoms with van der Waals surface area (Å²) in [4.78, 5) is 32.0. The molecular formula is C10H7Br2NO5. The van der Waals surface area contributed by atoms with Gasteiger partial charge >= 0.3 is 0 Å². The van der Waals surface area contributed by atoms with Crippen LogP contribution in [-0.4, -0.2) is 27.3 Å². The van der Waals surface area contributed by atoms with Crippen LogP contribution >= 0.6 is 31.9 Å². The lowest BCUT2D eigenvalue weighted by Gasteiger charge is -2.07. The van der Waals surface area contributed by atoms with Gasteiger partial charge in [-0.1, -0.05) is 31.9 Å². The van der Waals surface area contributed by atoms with Crippen molar-refractivity contribution in [3.63, 3.8) is 0 Å². The van der Waals surface area contributed by atoms with Crippen LogP contribution in [0.25, 0.3) is 0 Å². The van der Waals surface area contributed by atoms with Gasteiger partial charge in [0.15, 0.2) is 12.1 Å². The fraction of sp³-hybridized carbons (Fsp3) is 0.200. The van der Waals surface area contributed by atoms with Gasteiger partial charge in [-0.3, -0.25) is 19.7 Å². The Kier molecular flexibility index (Phi) is 5.42. The van der Waals surface area contributed by atoms with Gasteiger partial charge < -0.3 is 4.74 Å². The number of halogens is 2. The highest BCUT2D eigenvalue weighted by Gasteiger charge is 2.15. The summed E-state index contributed by atoms with van der Waals surface area (Å²) in [5, 5.41) is 10.5. The highest BCUT2D eigenvalue weighted by Crippen LogP contribution is 2.23. The molecule has 0 spiro atoms. The van der Waals surface area contributed by atoms with Crippen molar-refractivity contribution in [2.45, 2.75) is 3.74 Å². The van der Waals surface area contributed by atoms with Gasteiger partial charge in [-0.2, -0.15) is 0 Å². The van der Waals surface area contributed by atoms with E-state index in [2.05, 4.69) is 31.9 Å². The molecule has 0 radical (unpaired) electrons. The summed E-state index contributed by atoms with van der Waals surface area (Å²) in [5.74, 6) is -0.144. The Morgan fingerprint density at radius 2 is 2.17 bits per heavy atom. The molecule has 0 aliphatic rings. The van der Waals surface area contributed by atoms with Crippen molar-refractivity contribution < 1.29 is 19.2 Å². The molecule has 0 saturated heterocycles. The van der Waals surface area contributed by atoms with Crippen LogP contribution in [0.2, 0.25) is 0 Å². The van der Waals surface area contributed by atoms with Gasteiger partial charge in [0.1, 0.15) is 16.1 Å². The van der Waals surface area contributed by atoms with Crippen LogP contribution in [0.5, 0.6) is 5.75 Å². The van der Waals surface area contributed by atoms with Crippen LogP contribution in [0, 0.1) is 10.1 Å². The van der Waals surface area contributed by atoms with Gasteiger partial charge in [-0.05, 0) is 6.07 Å². The number of alkyl halides is 2. The first-order valence-electron chi connectivity index (χ1n) is 4.63. The standard InChI is InChI=1S/C10H7Br2NO5/c11-10(12)8(15)5-18-9-2-1-7(13(16)17)3-6(9)4-14/h1-4,10H,5H2. The predicted molar refractivity (Wildman–Crippen MR) is 70.6 cm³/mol. The van der Waals surface area contributed by atoms with Crippen LogP contribution in [0.15, 0.2) is 18.2 Å². The van der Waals surface area contributed by atoms with E-state index in [1.165, 1.54) is 12.1 Å². The predicted octanol–water partition coefficient (Wildman–Crippen LogP) is 2.47. The van der Waals surface area contributed by atoms with Crippen molar-refractivity contribution in [2.24, 2.45) is 0 Å². The van der Waals surface area contributed by atoms with Crippen LogP contribution in [0.3, 0.4) is 0 Å². The van der Waals surface area contributed by atoms with E-state index >= 15 is 0 Å². The van der Waals surface area contributed by atoms with E-state index in [0.29, 0.717) is 6.29 Å². The Bertz CT molecular complexity index is 489. The fourth-order valence-corrected chi connectivity index (χ4v) is 1.35. The second-order valence-electron chi connectivity index (χ2n) is 3.15. The third-order valence-corrected chi connectivity index (χ3v) is 2.97. The number of Topliss-reactive ketones (excluding diaryl/α,β-unsaturated/α-hetero) is 1. The molecule has 0 amide bonds. The molecule has 0 bridgehead atoms. The maximum absolute atomic E-state index is 11.3. The number of aldehydes is 1. The summed E-state index contributed by atoms with van der Waals surface area (Å²) in [7, 11) is 0. The SMILES string of the molecule is O=Cc1cc([N+](=O)[O-])ccc1OCC(=O)C(Br)Br. The number of benzene rings is 1. The van der Waals surface area contributed by atoms with Gasteiger partial charge in [0.2, 0.25) is 0 Å². The van der Waals surface area contributed by atoms with E-state index in [1.807, 2.05) is 0 Å². The van der Waals surface area contributed by atoms with Crippen molar-refractivity contribution in [1.82, 2.24) is 0 Å². The van der Waals surface area contributed by atoms with E-state index in [-0.39, 0.29) is 29.4 Å². The number of rotatable bonds is 6. The number of hydrogen-bond donors (Lipinski definition) is 0. The number of hydrogen-bond acceptors (Lipinski definition) is 5. The zero-order chi connectivity index (χ0) is 13.7. The maximum Gasteiger partial charge on any atom is 0.270 e. The molecule has 8 heteroatoms. The summed E-state index contributed by atoms with van der Waals surface area (Å²) >= 11 is 6.02. The Hall–Kier alpha value is -1.28. The van der Waals surface area contributed by atoms with Gasteiger partial charge in [-0.25, -0.2) is 0 Å². The molecule has 0 atom stereocenters. The molecule has 0 N–H and O–H groups in total. The number of ether oxygens (including phenoxy) is 1. The first-order chi connectivity index (χ1) is 8.45. The summed E-state index contributed by atoms with van der Waals surface area (Å²) in [6.07, 6.45) is 0.437. The lowest BCUT2D eigenvalue weighted by atomic mass is 10.2. The van der Waals surface area contributed by atoms with Crippen molar-refractivity contribution >= 4 is 49.6 Å². The van der Waals surface area contributed by atoms with Gasteiger partial charge in [0.25, 0.3) is 5.69 Å². The van der Waals surface area contributed by atoms with Crippen molar-refractivity contribution in [2.75, 3.05) is 6.61 Å². The highest BCUT2D eigenvalue weighted by molar-refractivity contribution is 9.25. The van der Waals surface area contributed by atoms with Crippen LogP contribution in [-0.2, 0) is 4.79 Å². The third kappa shape index (κ3) is 3.88. The number of nitrogens with zero attached hydrogens (tertiary/aromatic N) is 1. The molecule has 1 rings (SSSR count). The molecule has 0 heterocycles. The lowest BCUT2D eigenvalue weighted by molar-refractivity contribution is -0.384. The minimum absolute atomic E-state index is 0.0256. The van der Waals surface area contributed by atoms with Crippen LogP contribution in [0.4, 0.5) is 5.69 Å². The Morgan fingerprint density at radius 3 is 2.67 bits per heavy atom. The molecule has 18 heavy (non-hydrogen) atoms. The second kappa shape index (κ2) is 6.60. The van der Waals surface area contributed by atoms with Crippen LogP contribution < -0.4 is 4.74 Å². The Balaban J connectivity index is 2.86. The molecule has 1 aromatic rings. The molecule has 0 fully saturated rings. The quantitative estimate of drug-likeness (QED) is 0.327. The summed E-state index contributed by atoms with van der Waals surface area (Å²) in [5.41, 5.74) is -0.188. The molecular weight excluding hydrogens is 374 g/mol. The smallest absolute Gasteiger partial charge is 0.270 e. The average molecular weight is 381 g/mol. The number of carbonyl (C=O) groups excluding carboxylic acids is 2. The van der Waals surface area contributed by atoms with E-state index in [0.717, 1.165) is 6.07 Å².